The molecule has 2 amide bonds. The molecular formula is C13H23N3O2. The summed E-state index contributed by atoms with van der Waals surface area (Å²) >= 11 is 0. The lowest BCUT2D eigenvalue weighted by Gasteiger charge is -2.40. The van der Waals surface area contributed by atoms with Crippen LogP contribution in [0.15, 0.2) is 0 Å². The Bertz CT molecular complexity index is 354. The summed E-state index contributed by atoms with van der Waals surface area (Å²) in [5.41, 5.74) is 5.33. The summed E-state index contributed by atoms with van der Waals surface area (Å²) in [6.07, 6.45) is 3.11. The van der Waals surface area contributed by atoms with Crippen LogP contribution in [0.4, 0.5) is 0 Å². The maximum atomic E-state index is 12.4. The maximum Gasteiger partial charge on any atom is 0.242 e. The Morgan fingerprint density at radius 1 is 1.50 bits per heavy atom. The van der Waals surface area contributed by atoms with Crippen LogP contribution in [0.3, 0.4) is 0 Å². The van der Waals surface area contributed by atoms with E-state index in [4.69, 9.17) is 5.73 Å². The number of carbonyl (C=O) groups is 2. The van der Waals surface area contributed by atoms with E-state index in [1.54, 1.807) is 0 Å². The molecule has 2 fully saturated rings. The highest BCUT2D eigenvalue weighted by molar-refractivity contribution is 5.86. The lowest BCUT2D eigenvalue weighted by molar-refractivity contribution is -0.142. The molecule has 102 valence electrons. The first-order valence-electron chi connectivity index (χ1n) is 6.83. The van der Waals surface area contributed by atoms with Gasteiger partial charge < -0.3 is 15.5 Å². The fourth-order valence-electron chi connectivity index (χ4n) is 3.04. The zero-order chi connectivity index (χ0) is 13.3. The van der Waals surface area contributed by atoms with Gasteiger partial charge in [0, 0.05) is 32.1 Å². The van der Waals surface area contributed by atoms with Crippen molar-refractivity contribution in [1.29, 1.82) is 0 Å². The van der Waals surface area contributed by atoms with Crippen LogP contribution in [0, 0.1) is 0 Å². The average Bonchev–Trinajstić information content (AvgIpc) is 2.69. The molecule has 0 aromatic rings. The Kier molecular flexibility index (Phi) is 3.61. The van der Waals surface area contributed by atoms with Crippen LogP contribution in [-0.4, -0.2) is 52.8 Å². The predicted octanol–water partition coefficient (Wildman–Crippen LogP) is 0.337. The second kappa shape index (κ2) is 4.88. The lowest BCUT2D eigenvalue weighted by Crippen LogP contribution is -2.60. The number of piperazine rings is 1. The summed E-state index contributed by atoms with van der Waals surface area (Å²) in [4.78, 5) is 27.7. The topological polar surface area (TPSA) is 66.6 Å². The molecule has 0 saturated carbocycles. The van der Waals surface area contributed by atoms with Gasteiger partial charge in [-0.05, 0) is 19.8 Å². The third kappa shape index (κ3) is 2.36. The van der Waals surface area contributed by atoms with Gasteiger partial charge in [0.1, 0.15) is 0 Å². The Labute approximate surface area is 108 Å². The first-order valence-corrected chi connectivity index (χ1v) is 6.83. The molecule has 18 heavy (non-hydrogen) atoms. The Balaban J connectivity index is 1.99. The molecule has 0 aromatic heterocycles. The van der Waals surface area contributed by atoms with Crippen molar-refractivity contribution in [3.05, 3.63) is 0 Å². The van der Waals surface area contributed by atoms with Crippen LogP contribution in [0.2, 0.25) is 0 Å². The largest absolute Gasteiger partial charge is 0.337 e. The average molecular weight is 253 g/mol. The molecule has 2 saturated heterocycles. The minimum atomic E-state index is -0.764. The van der Waals surface area contributed by atoms with Gasteiger partial charge in [0.25, 0.3) is 0 Å². The number of nitrogens with two attached hydrogens (primary N) is 1. The van der Waals surface area contributed by atoms with E-state index in [9.17, 15) is 9.59 Å². The number of fused-ring (bicyclic) bond motifs is 1. The van der Waals surface area contributed by atoms with Gasteiger partial charge in [-0.25, -0.2) is 0 Å². The summed E-state index contributed by atoms with van der Waals surface area (Å²) in [7, 11) is 0. The monoisotopic (exact) mass is 253 g/mol. The van der Waals surface area contributed by atoms with Crippen molar-refractivity contribution in [2.45, 2.75) is 51.1 Å². The first-order chi connectivity index (χ1) is 8.45. The molecule has 2 N–H and O–H groups in total. The Morgan fingerprint density at radius 2 is 2.22 bits per heavy atom. The van der Waals surface area contributed by atoms with Crippen molar-refractivity contribution in [2.75, 3.05) is 19.6 Å². The van der Waals surface area contributed by atoms with Crippen LogP contribution in [0.1, 0.15) is 39.5 Å². The number of hydrogen-bond donors (Lipinski definition) is 1. The minimum absolute atomic E-state index is 0.0309. The van der Waals surface area contributed by atoms with Crippen LogP contribution < -0.4 is 5.73 Å². The van der Waals surface area contributed by atoms with Crippen molar-refractivity contribution in [3.63, 3.8) is 0 Å². The second-order valence-corrected chi connectivity index (χ2v) is 5.70. The molecule has 2 heterocycles. The Morgan fingerprint density at radius 3 is 2.89 bits per heavy atom. The third-order valence-corrected chi connectivity index (χ3v) is 4.04. The van der Waals surface area contributed by atoms with E-state index >= 15 is 0 Å². The molecule has 2 aliphatic rings. The molecule has 0 radical (unpaired) electrons. The van der Waals surface area contributed by atoms with Crippen LogP contribution in [0.25, 0.3) is 0 Å². The number of hydrogen-bond acceptors (Lipinski definition) is 3. The zero-order valence-corrected chi connectivity index (χ0v) is 11.3. The first kappa shape index (κ1) is 13.3. The molecule has 2 atom stereocenters. The summed E-state index contributed by atoms with van der Waals surface area (Å²) in [5.74, 6) is 0.263. The van der Waals surface area contributed by atoms with Crippen molar-refractivity contribution >= 4 is 11.8 Å². The van der Waals surface area contributed by atoms with Gasteiger partial charge in [0.15, 0.2) is 0 Å². The van der Waals surface area contributed by atoms with Gasteiger partial charge in [-0.2, -0.15) is 0 Å². The number of carbonyl (C=O) groups excluding carboxylic acids is 2. The molecule has 5 heteroatoms. The van der Waals surface area contributed by atoms with Crippen molar-refractivity contribution < 1.29 is 9.59 Å². The van der Waals surface area contributed by atoms with E-state index in [1.807, 2.05) is 23.6 Å². The van der Waals surface area contributed by atoms with E-state index in [-0.39, 0.29) is 17.9 Å². The van der Waals surface area contributed by atoms with Crippen LogP contribution >= 0.6 is 0 Å². The fraction of sp³-hybridized carbons (Fsp3) is 0.846. The number of rotatable bonds is 3. The van der Waals surface area contributed by atoms with Gasteiger partial charge in [0.05, 0.1) is 5.54 Å². The highest BCUT2D eigenvalue weighted by Gasteiger charge is 2.40. The summed E-state index contributed by atoms with van der Waals surface area (Å²) in [6.45, 7) is 5.78. The van der Waals surface area contributed by atoms with Gasteiger partial charge >= 0.3 is 0 Å². The van der Waals surface area contributed by atoms with Crippen LogP contribution in [-0.2, 0) is 9.59 Å². The van der Waals surface area contributed by atoms with Gasteiger partial charge in [0.2, 0.25) is 11.8 Å². The summed E-state index contributed by atoms with van der Waals surface area (Å²) < 4.78 is 0. The molecule has 2 unspecified atom stereocenters. The van der Waals surface area contributed by atoms with E-state index in [0.717, 1.165) is 12.8 Å². The quantitative estimate of drug-likeness (QED) is 0.788. The minimum Gasteiger partial charge on any atom is -0.337 e. The smallest absolute Gasteiger partial charge is 0.242 e. The number of amides is 2. The third-order valence-electron chi connectivity index (χ3n) is 4.04. The van der Waals surface area contributed by atoms with Crippen molar-refractivity contribution in [1.82, 2.24) is 9.80 Å². The molecular weight excluding hydrogens is 230 g/mol. The van der Waals surface area contributed by atoms with E-state index in [1.165, 1.54) is 0 Å². The fourth-order valence-corrected chi connectivity index (χ4v) is 3.04. The van der Waals surface area contributed by atoms with Crippen molar-refractivity contribution in [2.24, 2.45) is 5.73 Å². The van der Waals surface area contributed by atoms with E-state index < -0.39 is 5.54 Å². The Hall–Kier alpha value is -1.10. The normalized spacial score (nSPS) is 27.1. The van der Waals surface area contributed by atoms with E-state index in [2.05, 4.69) is 0 Å². The molecule has 0 spiro atoms. The highest BCUT2D eigenvalue weighted by atomic mass is 16.2. The standard InChI is InChI=1S/C13H23N3O2/c1-3-6-13(2,14)12(18)15-7-8-16-10(9-15)4-5-11(16)17/h10H,3-9,14H2,1-2H3. The second-order valence-electron chi connectivity index (χ2n) is 5.70. The molecule has 2 rings (SSSR count). The van der Waals surface area contributed by atoms with Crippen LogP contribution in [0.5, 0.6) is 0 Å². The van der Waals surface area contributed by atoms with Gasteiger partial charge in [-0.1, -0.05) is 13.3 Å². The molecule has 0 aromatic carbocycles. The van der Waals surface area contributed by atoms with E-state index in [0.29, 0.717) is 32.5 Å². The van der Waals surface area contributed by atoms with Crippen molar-refractivity contribution in [3.8, 4) is 0 Å². The highest BCUT2D eigenvalue weighted by Crippen LogP contribution is 2.24. The van der Waals surface area contributed by atoms with Gasteiger partial charge in [-0.3, -0.25) is 9.59 Å². The van der Waals surface area contributed by atoms with Gasteiger partial charge in [-0.15, -0.1) is 0 Å². The predicted molar refractivity (Wildman–Crippen MR) is 68.8 cm³/mol. The summed E-state index contributed by atoms with van der Waals surface area (Å²) in [6, 6.07) is 0.215. The molecule has 0 aliphatic carbocycles. The summed E-state index contributed by atoms with van der Waals surface area (Å²) in [5, 5.41) is 0. The zero-order valence-electron chi connectivity index (χ0n) is 11.3. The molecule has 0 bridgehead atoms. The molecule has 2 aliphatic heterocycles. The SMILES string of the molecule is CCCC(C)(N)C(=O)N1CCN2C(=O)CCC2C1. The lowest BCUT2D eigenvalue weighted by atomic mass is 9.95. The maximum absolute atomic E-state index is 12.4. The number of nitrogens with zero attached hydrogens (tertiary/aromatic N) is 2. The molecule has 5 nitrogen and oxygen atoms in total.